The Morgan fingerprint density at radius 1 is 1.17 bits per heavy atom. The summed E-state index contributed by atoms with van der Waals surface area (Å²) in [6.45, 7) is 2.66. The molecule has 1 N–H and O–H groups in total. The van der Waals surface area contributed by atoms with E-state index in [4.69, 9.17) is 27.9 Å². The van der Waals surface area contributed by atoms with E-state index in [-0.39, 0.29) is 11.2 Å². The molecule has 0 aliphatic carbocycles. The average molecular weight is 370 g/mol. The molecular weight excluding hydrogens is 353 g/mol. The molecule has 0 heterocycles. The van der Waals surface area contributed by atoms with Crippen molar-refractivity contribution in [3.63, 3.8) is 0 Å². The molecule has 0 radical (unpaired) electrons. The molecule has 2 aromatic rings. The number of hydrogen-bond acceptors (Lipinski definition) is 3. The molecule has 3 nitrogen and oxygen atoms in total. The number of rotatable bonds is 7. The van der Waals surface area contributed by atoms with Gasteiger partial charge in [-0.2, -0.15) is 0 Å². The van der Waals surface area contributed by atoms with Crippen LogP contribution in [0.4, 0.5) is 0 Å². The maximum Gasteiger partial charge on any atom is 0.233 e. The molecule has 0 saturated carbocycles. The van der Waals surface area contributed by atoms with Crippen LogP contribution in [-0.2, 0) is 4.79 Å². The van der Waals surface area contributed by atoms with Crippen molar-refractivity contribution in [2.45, 2.75) is 17.1 Å². The van der Waals surface area contributed by atoms with Gasteiger partial charge in [0, 0.05) is 9.92 Å². The Morgan fingerprint density at radius 2 is 1.87 bits per heavy atom. The van der Waals surface area contributed by atoms with Gasteiger partial charge in [0.25, 0.3) is 0 Å². The number of benzene rings is 2. The summed E-state index contributed by atoms with van der Waals surface area (Å²) in [5, 5.41) is 3.90. The van der Waals surface area contributed by atoms with Gasteiger partial charge >= 0.3 is 0 Å². The number of thioether (sulfide) groups is 1. The SMILES string of the molecule is C[C@@H](Sc1ccc(Cl)cc1)C(=O)NCCOc1ccccc1Cl. The summed E-state index contributed by atoms with van der Waals surface area (Å²) in [6, 6.07) is 14.7. The van der Waals surface area contributed by atoms with Crippen LogP contribution in [0.1, 0.15) is 6.92 Å². The quantitative estimate of drug-likeness (QED) is 0.569. The van der Waals surface area contributed by atoms with Crippen molar-refractivity contribution in [2.24, 2.45) is 0 Å². The second-order valence-electron chi connectivity index (χ2n) is 4.78. The predicted molar refractivity (Wildman–Crippen MR) is 96.7 cm³/mol. The maximum atomic E-state index is 12.1. The summed E-state index contributed by atoms with van der Waals surface area (Å²) in [4.78, 5) is 13.1. The van der Waals surface area contributed by atoms with E-state index in [1.807, 2.05) is 43.3 Å². The average Bonchev–Trinajstić information content (AvgIpc) is 2.55. The Morgan fingerprint density at radius 3 is 2.57 bits per heavy atom. The molecule has 0 saturated heterocycles. The van der Waals surface area contributed by atoms with Crippen LogP contribution in [-0.4, -0.2) is 24.3 Å². The second kappa shape index (κ2) is 9.06. The zero-order valence-corrected chi connectivity index (χ0v) is 14.9. The number of amides is 1. The molecule has 0 aromatic heterocycles. The van der Waals surface area contributed by atoms with E-state index in [1.54, 1.807) is 12.1 Å². The first-order chi connectivity index (χ1) is 11.1. The van der Waals surface area contributed by atoms with Crippen LogP contribution in [0.15, 0.2) is 53.4 Å². The third kappa shape index (κ3) is 5.98. The number of hydrogen-bond donors (Lipinski definition) is 1. The van der Waals surface area contributed by atoms with Gasteiger partial charge in [0.05, 0.1) is 16.8 Å². The summed E-state index contributed by atoms with van der Waals surface area (Å²) in [6.07, 6.45) is 0. The molecule has 2 rings (SSSR count). The highest BCUT2D eigenvalue weighted by Gasteiger charge is 2.13. The lowest BCUT2D eigenvalue weighted by atomic mass is 10.3. The van der Waals surface area contributed by atoms with Crippen molar-refractivity contribution >= 4 is 40.9 Å². The minimum atomic E-state index is -0.198. The van der Waals surface area contributed by atoms with Crippen LogP contribution >= 0.6 is 35.0 Å². The van der Waals surface area contributed by atoms with Crippen molar-refractivity contribution in [3.8, 4) is 5.75 Å². The van der Waals surface area contributed by atoms with Crippen molar-refractivity contribution < 1.29 is 9.53 Å². The van der Waals surface area contributed by atoms with Crippen LogP contribution in [0.25, 0.3) is 0 Å². The first-order valence-electron chi connectivity index (χ1n) is 7.13. The topological polar surface area (TPSA) is 38.3 Å². The molecule has 6 heteroatoms. The zero-order chi connectivity index (χ0) is 16.7. The van der Waals surface area contributed by atoms with Gasteiger partial charge in [-0.3, -0.25) is 4.79 Å². The zero-order valence-electron chi connectivity index (χ0n) is 12.6. The van der Waals surface area contributed by atoms with Gasteiger partial charge in [-0.1, -0.05) is 35.3 Å². The Balaban J connectivity index is 1.72. The van der Waals surface area contributed by atoms with E-state index < -0.39 is 0 Å². The third-order valence-corrected chi connectivity index (χ3v) is 4.67. The number of para-hydroxylation sites is 1. The molecular formula is C17H17Cl2NO2S. The van der Waals surface area contributed by atoms with Crippen LogP contribution < -0.4 is 10.1 Å². The summed E-state index contributed by atoms with van der Waals surface area (Å²) in [7, 11) is 0. The van der Waals surface area contributed by atoms with Crippen molar-refractivity contribution in [3.05, 3.63) is 58.6 Å². The second-order valence-corrected chi connectivity index (χ2v) is 7.04. The fraction of sp³-hybridized carbons (Fsp3) is 0.235. The predicted octanol–water partition coefficient (Wildman–Crippen LogP) is 4.67. The molecule has 1 amide bonds. The highest BCUT2D eigenvalue weighted by atomic mass is 35.5. The van der Waals surface area contributed by atoms with Crippen LogP contribution in [0.5, 0.6) is 5.75 Å². The Kier molecular flexibility index (Phi) is 7.09. The summed E-state index contributed by atoms with van der Waals surface area (Å²) in [5.74, 6) is 0.583. The van der Waals surface area contributed by atoms with Gasteiger partial charge in [-0.25, -0.2) is 0 Å². The minimum absolute atomic E-state index is 0.0345. The highest BCUT2D eigenvalue weighted by molar-refractivity contribution is 8.00. The van der Waals surface area contributed by atoms with Gasteiger partial charge < -0.3 is 10.1 Å². The van der Waals surface area contributed by atoms with Crippen LogP contribution in [0.3, 0.4) is 0 Å². The van der Waals surface area contributed by atoms with Gasteiger partial charge in [0.2, 0.25) is 5.91 Å². The lowest BCUT2D eigenvalue weighted by molar-refractivity contribution is -0.120. The molecule has 0 aliphatic heterocycles. The van der Waals surface area contributed by atoms with E-state index in [1.165, 1.54) is 11.8 Å². The van der Waals surface area contributed by atoms with E-state index in [0.717, 1.165) is 4.90 Å². The number of ether oxygens (including phenoxy) is 1. The van der Waals surface area contributed by atoms with Crippen LogP contribution in [0, 0.1) is 0 Å². The van der Waals surface area contributed by atoms with E-state index in [9.17, 15) is 4.79 Å². The molecule has 0 fully saturated rings. The van der Waals surface area contributed by atoms with Gasteiger partial charge in [-0.15, -0.1) is 11.8 Å². The number of nitrogens with one attached hydrogen (secondary N) is 1. The molecule has 122 valence electrons. The van der Waals surface area contributed by atoms with Crippen molar-refractivity contribution in [1.82, 2.24) is 5.32 Å². The van der Waals surface area contributed by atoms with Crippen molar-refractivity contribution in [2.75, 3.05) is 13.2 Å². The fourth-order valence-corrected chi connectivity index (χ4v) is 3.02. The minimum Gasteiger partial charge on any atom is -0.490 e. The standard InChI is InChI=1S/C17H17Cl2NO2S/c1-12(23-14-8-6-13(18)7-9-14)17(21)20-10-11-22-16-5-3-2-4-15(16)19/h2-9,12H,10-11H2,1H3,(H,20,21)/t12-/m1/s1. The van der Waals surface area contributed by atoms with Crippen LogP contribution in [0.2, 0.25) is 10.0 Å². The summed E-state index contributed by atoms with van der Waals surface area (Å²) in [5.41, 5.74) is 0. The Bertz CT molecular complexity index is 649. The normalized spacial score (nSPS) is 11.8. The van der Waals surface area contributed by atoms with E-state index in [0.29, 0.717) is 28.9 Å². The largest absolute Gasteiger partial charge is 0.490 e. The van der Waals surface area contributed by atoms with E-state index in [2.05, 4.69) is 5.32 Å². The lowest BCUT2D eigenvalue weighted by Gasteiger charge is -2.13. The number of halogens is 2. The Labute approximate surface area is 150 Å². The van der Waals surface area contributed by atoms with Gasteiger partial charge in [0.15, 0.2) is 0 Å². The number of carbonyl (C=O) groups is 1. The molecule has 2 aromatic carbocycles. The molecule has 0 bridgehead atoms. The molecule has 0 spiro atoms. The lowest BCUT2D eigenvalue weighted by Crippen LogP contribution is -2.33. The number of carbonyl (C=O) groups excluding carboxylic acids is 1. The van der Waals surface area contributed by atoms with Gasteiger partial charge in [0.1, 0.15) is 12.4 Å². The van der Waals surface area contributed by atoms with Crippen molar-refractivity contribution in [1.29, 1.82) is 0 Å². The third-order valence-electron chi connectivity index (χ3n) is 2.99. The Hall–Kier alpha value is -1.36. The fourth-order valence-electron chi connectivity index (χ4n) is 1.81. The molecule has 0 aliphatic rings. The molecule has 1 atom stereocenters. The summed E-state index contributed by atoms with van der Waals surface area (Å²) >= 11 is 13.3. The summed E-state index contributed by atoms with van der Waals surface area (Å²) < 4.78 is 5.53. The smallest absolute Gasteiger partial charge is 0.233 e. The molecule has 23 heavy (non-hydrogen) atoms. The first-order valence-corrected chi connectivity index (χ1v) is 8.77. The first kappa shape index (κ1) is 18.0. The maximum absolute atomic E-state index is 12.1. The monoisotopic (exact) mass is 369 g/mol. The highest BCUT2D eigenvalue weighted by Crippen LogP contribution is 2.25. The molecule has 0 unspecified atom stereocenters. The van der Waals surface area contributed by atoms with E-state index >= 15 is 0 Å². The van der Waals surface area contributed by atoms with Gasteiger partial charge in [-0.05, 0) is 43.3 Å².